The number of hydrogen-bond donors (Lipinski definition) is 4. The first-order chi connectivity index (χ1) is 11.7. The first kappa shape index (κ1) is 15.5. The molecule has 0 spiro atoms. The zero-order valence-electron chi connectivity index (χ0n) is 13.1. The number of anilines is 1. The number of nitrogens with one attached hydrogen (secondary N) is 2. The summed E-state index contributed by atoms with van der Waals surface area (Å²) in [5, 5.41) is 23.0. The standard InChI is InChI=1S/C16H18N4O3S/c1-17-16-18-6-14(24-16)8-2-3-9-10(4-8)20-15(19-9)12-5-11(22)13(7-21)23-12/h2-4,6,11-13,21-22H,5,7H2,1H3,(H,17,18)(H,19,20)/t11-,12+,13+/m0/s1. The van der Waals surface area contributed by atoms with Gasteiger partial charge in [0.15, 0.2) is 5.13 Å². The largest absolute Gasteiger partial charge is 0.394 e. The SMILES string of the molecule is CNc1ncc(-c2ccc3nc([C@H]4C[C@H](O)[C@@H](CO)O4)[nH]c3c2)s1. The molecular weight excluding hydrogens is 328 g/mol. The summed E-state index contributed by atoms with van der Waals surface area (Å²) in [6.45, 7) is -0.193. The fraction of sp³-hybridized carbons (Fsp3) is 0.375. The summed E-state index contributed by atoms with van der Waals surface area (Å²) in [6.07, 6.45) is 0.736. The van der Waals surface area contributed by atoms with Crippen LogP contribution in [0.2, 0.25) is 0 Å². The Morgan fingerprint density at radius 2 is 2.33 bits per heavy atom. The van der Waals surface area contributed by atoms with Crippen molar-refractivity contribution < 1.29 is 14.9 Å². The van der Waals surface area contributed by atoms with Crippen molar-refractivity contribution in [3.05, 3.63) is 30.2 Å². The number of thiazole rings is 1. The molecule has 1 aliphatic heterocycles. The normalized spacial score (nSPS) is 23.9. The molecule has 0 unspecified atom stereocenters. The number of aromatic nitrogens is 3. The van der Waals surface area contributed by atoms with E-state index in [0.717, 1.165) is 26.6 Å². The quantitative estimate of drug-likeness (QED) is 0.575. The molecule has 3 heterocycles. The highest BCUT2D eigenvalue weighted by Gasteiger charge is 2.35. The van der Waals surface area contributed by atoms with Crippen LogP contribution in [0.3, 0.4) is 0 Å². The maximum Gasteiger partial charge on any atom is 0.182 e. The molecule has 0 radical (unpaired) electrons. The lowest BCUT2D eigenvalue weighted by atomic mass is 10.1. The van der Waals surface area contributed by atoms with Crippen LogP contribution in [0.15, 0.2) is 24.4 Å². The van der Waals surface area contributed by atoms with E-state index in [4.69, 9.17) is 4.74 Å². The van der Waals surface area contributed by atoms with E-state index < -0.39 is 12.2 Å². The van der Waals surface area contributed by atoms with E-state index >= 15 is 0 Å². The van der Waals surface area contributed by atoms with E-state index in [-0.39, 0.29) is 12.7 Å². The number of benzene rings is 1. The lowest BCUT2D eigenvalue weighted by molar-refractivity contribution is -0.0244. The Bertz CT molecular complexity index is 862. The lowest BCUT2D eigenvalue weighted by Crippen LogP contribution is -2.24. The van der Waals surface area contributed by atoms with Gasteiger partial charge in [-0.15, -0.1) is 0 Å². The number of aliphatic hydroxyl groups is 2. The number of H-pyrrole nitrogens is 1. The van der Waals surface area contributed by atoms with Gasteiger partial charge in [0.2, 0.25) is 0 Å². The molecule has 0 saturated carbocycles. The van der Waals surface area contributed by atoms with Crippen molar-refractivity contribution in [2.24, 2.45) is 0 Å². The van der Waals surface area contributed by atoms with Crippen LogP contribution in [0.5, 0.6) is 0 Å². The highest BCUT2D eigenvalue weighted by Crippen LogP contribution is 2.34. The average molecular weight is 346 g/mol. The lowest BCUT2D eigenvalue weighted by Gasteiger charge is -2.09. The van der Waals surface area contributed by atoms with Gasteiger partial charge in [0.05, 0.1) is 28.6 Å². The van der Waals surface area contributed by atoms with Crippen LogP contribution in [-0.2, 0) is 4.74 Å². The summed E-state index contributed by atoms with van der Waals surface area (Å²) in [5.74, 6) is 0.678. The van der Waals surface area contributed by atoms with Gasteiger partial charge in [-0.05, 0) is 17.7 Å². The fourth-order valence-electron chi connectivity index (χ4n) is 2.93. The molecule has 0 bridgehead atoms. The minimum atomic E-state index is -0.666. The van der Waals surface area contributed by atoms with Crippen LogP contribution in [0.25, 0.3) is 21.5 Å². The first-order valence-electron chi connectivity index (χ1n) is 7.76. The summed E-state index contributed by atoms with van der Waals surface area (Å²) in [4.78, 5) is 13.2. The predicted octanol–water partition coefficient (Wildman–Crippen LogP) is 1.91. The summed E-state index contributed by atoms with van der Waals surface area (Å²) < 4.78 is 5.66. The summed E-state index contributed by atoms with van der Waals surface area (Å²) >= 11 is 1.59. The number of rotatable bonds is 4. The van der Waals surface area contributed by atoms with Gasteiger partial charge < -0.3 is 25.3 Å². The molecule has 1 fully saturated rings. The average Bonchev–Trinajstić information content (AvgIpc) is 3.31. The molecule has 0 aliphatic carbocycles. The van der Waals surface area contributed by atoms with Gasteiger partial charge in [-0.25, -0.2) is 9.97 Å². The molecule has 1 aliphatic rings. The number of aliphatic hydroxyl groups excluding tert-OH is 2. The van der Waals surface area contributed by atoms with Gasteiger partial charge in [0, 0.05) is 19.7 Å². The molecule has 1 aromatic carbocycles. The van der Waals surface area contributed by atoms with Crippen molar-refractivity contribution in [1.82, 2.24) is 15.0 Å². The fourth-order valence-corrected chi connectivity index (χ4v) is 3.69. The van der Waals surface area contributed by atoms with Crippen LogP contribution in [0.4, 0.5) is 5.13 Å². The Labute approximate surface area is 142 Å². The van der Waals surface area contributed by atoms with Gasteiger partial charge in [-0.2, -0.15) is 0 Å². The Hall–Kier alpha value is -2.00. The number of fused-ring (bicyclic) bond motifs is 1. The van der Waals surface area contributed by atoms with E-state index in [1.165, 1.54) is 0 Å². The van der Waals surface area contributed by atoms with Crippen LogP contribution in [0, 0.1) is 0 Å². The van der Waals surface area contributed by atoms with E-state index in [1.807, 2.05) is 31.4 Å². The van der Waals surface area contributed by atoms with Crippen molar-refractivity contribution in [3.63, 3.8) is 0 Å². The molecule has 24 heavy (non-hydrogen) atoms. The van der Waals surface area contributed by atoms with Crippen molar-refractivity contribution in [2.45, 2.75) is 24.7 Å². The second kappa shape index (κ2) is 6.14. The smallest absolute Gasteiger partial charge is 0.182 e. The topological polar surface area (TPSA) is 103 Å². The van der Waals surface area contributed by atoms with E-state index in [1.54, 1.807) is 11.3 Å². The molecule has 3 aromatic rings. The third-order valence-electron chi connectivity index (χ3n) is 4.21. The Morgan fingerprint density at radius 1 is 1.46 bits per heavy atom. The summed E-state index contributed by atoms with van der Waals surface area (Å²) in [7, 11) is 1.85. The highest BCUT2D eigenvalue weighted by atomic mass is 32.1. The van der Waals surface area contributed by atoms with Crippen LogP contribution >= 0.6 is 11.3 Å². The molecule has 2 aromatic heterocycles. The van der Waals surface area contributed by atoms with Crippen LogP contribution in [0.1, 0.15) is 18.3 Å². The number of aromatic amines is 1. The predicted molar refractivity (Wildman–Crippen MR) is 92.1 cm³/mol. The van der Waals surface area contributed by atoms with Crippen molar-refractivity contribution in [3.8, 4) is 10.4 Å². The van der Waals surface area contributed by atoms with Crippen LogP contribution in [-0.4, -0.2) is 51.0 Å². The van der Waals surface area contributed by atoms with E-state index in [0.29, 0.717) is 12.2 Å². The first-order valence-corrected chi connectivity index (χ1v) is 8.57. The number of ether oxygens (including phenoxy) is 1. The molecule has 4 rings (SSSR count). The number of nitrogens with zero attached hydrogens (tertiary/aromatic N) is 2. The Kier molecular flexibility index (Phi) is 3.97. The highest BCUT2D eigenvalue weighted by molar-refractivity contribution is 7.18. The molecule has 7 nitrogen and oxygen atoms in total. The van der Waals surface area contributed by atoms with Crippen molar-refractivity contribution in [2.75, 3.05) is 19.0 Å². The number of imidazole rings is 1. The molecule has 8 heteroatoms. The van der Waals surface area contributed by atoms with Gasteiger partial charge in [-0.3, -0.25) is 0 Å². The zero-order chi connectivity index (χ0) is 16.7. The summed E-state index contributed by atoms with van der Waals surface area (Å²) in [5.41, 5.74) is 2.82. The molecule has 1 saturated heterocycles. The maximum atomic E-state index is 9.88. The monoisotopic (exact) mass is 346 g/mol. The van der Waals surface area contributed by atoms with Gasteiger partial charge in [0.1, 0.15) is 18.0 Å². The number of hydrogen-bond acceptors (Lipinski definition) is 7. The van der Waals surface area contributed by atoms with Gasteiger partial charge in [0.25, 0.3) is 0 Å². The third-order valence-corrected chi connectivity index (χ3v) is 5.28. The van der Waals surface area contributed by atoms with E-state index in [2.05, 4.69) is 20.3 Å². The minimum absolute atomic E-state index is 0.193. The molecule has 126 valence electrons. The molecule has 3 atom stereocenters. The zero-order valence-corrected chi connectivity index (χ0v) is 13.9. The molecule has 0 amide bonds. The van der Waals surface area contributed by atoms with Gasteiger partial charge in [-0.1, -0.05) is 17.4 Å². The molecular formula is C16H18N4O3S. The second-order valence-corrected chi connectivity index (χ2v) is 6.81. The Morgan fingerprint density at radius 3 is 3.04 bits per heavy atom. The third kappa shape index (κ3) is 2.67. The second-order valence-electron chi connectivity index (χ2n) is 5.78. The van der Waals surface area contributed by atoms with E-state index in [9.17, 15) is 10.2 Å². The Balaban J connectivity index is 1.64. The van der Waals surface area contributed by atoms with Crippen molar-refractivity contribution in [1.29, 1.82) is 0 Å². The van der Waals surface area contributed by atoms with Crippen LogP contribution < -0.4 is 5.32 Å². The van der Waals surface area contributed by atoms with Gasteiger partial charge >= 0.3 is 0 Å². The maximum absolute atomic E-state index is 9.88. The minimum Gasteiger partial charge on any atom is -0.394 e. The molecule has 4 N–H and O–H groups in total. The summed E-state index contributed by atoms with van der Waals surface area (Å²) in [6, 6.07) is 6.01. The van der Waals surface area contributed by atoms with Crippen molar-refractivity contribution >= 4 is 27.5 Å².